The Morgan fingerprint density at radius 1 is 1.23 bits per heavy atom. The molecule has 1 saturated heterocycles. The maximum Gasteiger partial charge on any atom is 0.256 e. The lowest BCUT2D eigenvalue weighted by Crippen LogP contribution is -2.40. The molecule has 1 aliphatic heterocycles. The molecule has 0 unspecified atom stereocenters. The molecule has 39 heavy (non-hydrogen) atoms. The van der Waals surface area contributed by atoms with Crippen LogP contribution < -0.4 is 15.8 Å². The smallest absolute Gasteiger partial charge is 0.256 e. The molecular weight excluding hydrogens is 518 g/mol. The molecule has 5 rings (SSSR count). The lowest BCUT2D eigenvalue weighted by Gasteiger charge is -2.32. The van der Waals surface area contributed by atoms with Gasteiger partial charge in [0.1, 0.15) is 23.6 Å². The van der Waals surface area contributed by atoms with Crippen LogP contribution in [0.1, 0.15) is 34.8 Å². The van der Waals surface area contributed by atoms with Crippen LogP contribution in [0.4, 0.5) is 5.82 Å². The van der Waals surface area contributed by atoms with Gasteiger partial charge in [0.05, 0.1) is 29.1 Å². The summed E-state index contributed by atoms with van der Waals surface area (Å²) in [5.41, 5.74) is 9.58. The van der Waals surface area contributed by atoms with Crippen LogP contribution >= 0.6 is 11.6 Å². The van der Waals surface area contributed by atoms with Crippen molar-refractivity contribution >= 4 is 40.3 Å². The third kappa shape index (κ3) is 5.15. The number of carbonyl (C=O) groups is 2. The number of nitrogen functional groups attached to an aromatic ring is 1. The van der Waals surface area contributed by atoms with E-state index < -0.39 is 0 Å². The predicted molar refractivity (Wildman–Crippen MR) is 149 cm³/mol. The molecule has 1 aliphatic rings. The Morgan fingerprint density at radius 2 is 2.03 bits per heavy atom. The maximum absolute atomic E-state index is 12.8. The summed E-state index contributed by atoms with van der Waals surface area (Å²) in [6.07, 6.45) is 4.47. The molecule has 10 nitrogen and oxygen atoms in total. The molecule has 0 spiro atoms. The van der Waals surface area contributed by atoms with Crippen molar-refractivity contribution in [3.8, 4) is 17.0 Å². The van der Waals surface area contributed by atoms with Gasteiger partial charge in [0.15, 0.2) is 5.65 Å². The zero-order valence-electron chi connectivity index (χ0n) is 21.4. The molecular formula is C28H28ClN7O3. The lowest BCUT2D eigenvalue weighted by atomic mass is 10.1. The first kappa shape index (κ1) is 26.2. The Kier molecular flexibility index (Phi) is 7.47. The van der Waals surface area contributed by atoms with Gasteiger partial charge in [-0.25, -0.2) is 14.6 Å². The van der Waals surface area contributed by atoms with E-state index in [-0.39, 0.29) is 17.9 Å². The number of hydrogen-bond donors (Lipinski definition) is 2. The highest BCUT2D eigenvalue weighted by Crippen LogP contribution is 2.34. The molecule has 0 saturated carbocycles. The van der Waals surface area contributed by atoms with Gasteiger partial charge in [-0.15, -0.1) is 0 Å². The van der Waals surface area contributed by atoms with E-state index in [9.17, 15) is 9.59 Å². The first-order valence-electron chi connectivity index (χ1n) is 12.5. The quantitative estimate of drug-likeness (QED) is 0.336. The van der Waals surface area contributed by atoms with Crippen molar-refractivity contribution < 1.29 is 14.3 Å². The van der Waals surface area contributed by atoms with Crippen LogP contribution in [-0.4, -0.2) is 56.7 Å². The molecule has 1 atom stereocenters. The van der Waals surface area contributed by atoms with Crippen molar-refractivity contribution in [1.82, 2.24) is 30.0 Å². The second-order valence-electron chi connectivity index (χ2n) is 9.23. The first-order chi connectivity index (χ1) is 18.9. The van der Waals surface area contributed by atoms with E-state index in [4.69, 9.17) is 27.2 Å². The van der Waals surface area contributed by atoms with Crippen LogP contribution in [-0.2, 0) is 11.3 Å². The van der Waals surface area contributed by atoms with E-state index in [2.05, 4.69) is 21.9 Å². The number of hydrogen-bond acceptors (Lipinski definition) is 7. The largest absolute Gasteiger partial charge is 0.496 e. The normalized spacial score (nSPS) is 15.2. The van der Waals surface area contributed by atoms with Gasteiger partial charge >= 0.3 is 0 Å². The standard InChI is InChI=1S/C28H28ClN7O3/c1-3-22(37)35-13-5-6-19(15-35)36-27-24(26(30)32-16-33-27)25(34-36)18-11-9-17(10-12-18)14-31-28(38)23-20(29)7-4-8-21(23)39-2/h3-4,7-12,16,19H,1,5-6,13-15H2,2H3,(H,31,38)(H2,30,32,33)/t19-/m1/s1. The van der Waals surface area contributed by atoms with Crippen molar-refractivity contribution in [1.29, 1.82) is 0 Å². The number of likely N-dealkylation sites (tertiary alicyclic amines) is 1. The Hall–Kier alpha value is -4.44. The van der Waals surface area contributed by atoms with E-state index in [1.165, 1.54) is 19.5 Å². The highest BCUT2D eigenvalue weighted by molar-refractivity contribution is 6.34. The fourth-order valence-electron chi connectivity index (χ4n) is 4.88. The van der Waals surface area contributed by atoms with Gasteiger partial charge in [0.2, 0.25) is 5.91 Å². The summed E-state index contributed by atoms with van der Waals surface area (Å²) in [7, 11) is 1.50. The molecule has 2 aromatic carbocycles. The number of ether oxygens (including phenoxy) is 1. The fraction of sp³-hybridized carbons (Fsp3) is 0.250. The number of amides is 2. The molecule has 0 aliphatic carbocycles. The third-order valence-electron chi connectivity index (χ3n) is 6.85. The van der Waals surface area contributed by atoms with Gasteiger partial charge in [-0.3, -0.25) is 9.59 Å². The SMILES string of the molecule is C=CC(=O)N1CCC[C@@H](n2nc(-c3ccc(CNC(=O)c4c(Cl)cccc4OC)cc3)c3c(N)ncnc32)C1. The molecule has 11 heteroatoms. The molecule has 2 aromatic heterocycles. The van der Waals surface area contributed by atoms with Crippen molar-refractivity contribution in [3.05, 3.63) is 77.6 Å². The van der Waals surface area contributed by atoms with Crippen molar-refractivity contribution in [2.24, 2.45) is 0 Å². The zero-order valence-corrected chi connectivity index (χ0v) is 22.2. The number of halogens is 1. The number of piperidine rings is 1. The second kappa shape index (κ2) is 11.1. The number of methoxy groups -OCH3 is 1. The highest BCUT2D eigenvalue weighted by atomic mass is 35.5. The predicted octanol–water partition coefficient (Wildman–Crippen LogP) is 4.02. The summed E-state index contributed by atoms with van der Waals surface area (Å²) in [5, 5.41) is 8.78. The lowest BCUT2D eigenvalue weighted by molar-refractivity contribution is -0.127. The van der Waals surface area contributed by atoms with Crippen molar-refractivity contribution in [2.45, 2.75) is 25.4 Å². The number of rotatable bonds is 7. The number of benzene rings is 2. The summed E-state index contributed by atoms with van der Waals surface area (Å²) >= 11 is 6.23. The Labute approximate surface area is 230 Å². The number of carbonyl (C=O) groups excluding carboxylic acids is 2. The average molecular weight is 546 g/mol. The topological polar surface area (TPSA) is 128 Å². The number of nitrogens with one attached hydrogen (secondary N) is 1. The summed E-state index contributed by atoms with van der Waals surface area (Å²) in [6, 6.07) is 12.7. The summed E-state index contributed by atoms with van der Waals surface area (Å²) in [5.74, 6) is 0.322. The van der Waals surface area contributed by atoms with Crippen molar-refractivity contribution in [2.75, 3.05) is 25.9 Å². The summed E-state index contributed by atoms with van der Waals surface area (Å²) in [4.78, 5) is 35.5. The monoisotopic (exact) mass is 545 g/mol. The van der Waals surface area contributed by atoms with Gasteiger partial charge in [0.25, 0.3) is 5.91 Å². The van der Waals surface area contributed by atoms with Crippen LogP contribution in [0.15, 0.2) is 61.4 Å². The van der Waals surface area contributed by atoms with Crippen LogP contribution in [0, 0.1) is 0 Å². The first-order valence-corrected chi connectivity index (χ1v) is 12.9. The molecule has 0 bridgehead atoms. The number of nitrogens with zero attached hydrogens (tertiary/aromatic N) is 5. The number of nitrogens with two attached hydrogens (primary N) is 1. The number of aromatic nitrogens is 4. The Balaban J connectivity index is 1.39. The summed E-state index contributed by atoms with van der Waals surface area (Å²) < 4.78 is 7.14. The van der Waals surface area contributed by atoms with E-state index in [1.807, 2.05) is 28.9 Å². The number of fused-ring (bicyclic) bond motifs is 1. The van der Waals surface area contributed by atoms with Crippen molar-refractivity contribution in [3.63, 3.8) is 0 Å². The maximum atomic E-state index is 12.8. The van der Waals surface area contributed by atoms with Gasteiger partial charge in [-0.05, 0) is 36.6 Å². The van der Waals surface area contributed by atoms with Crippen LogP contribution in [0.2, 0.25) is 5.02 Å². The van der Waals surface area contributed by atoms with Gasteiger partial charge in [-0.1, -0.05) is 48.5 Å². The van der Waals surface area contributed by atoms with Crippen LogP contribution in [0.25, 0.3) is 22.3 Å². The average Bonchev–Trinajstić information content (AvgIpc) is 3.36. The van der Waals surface area contributed by atoms with Crippen LogP contribution in [0.5, 0.6) is 5.75 Å². The van der Waals surface area contributed by atoms with E-state index in [0.29, 0.717) is 58.5 Å². The Morgan fingerprint density at radius 3 is 2.77 bits per heavy atom. The van der Waals surface area contributed by atoms with E-state index in [1.54, 1.807) is 23.1 Å². The van der Waals surface area contributed by atoms with Gasteiger partial charge in [0, 0.05) is 25.2 Å². The molecule has 3 heterocycles. The minimum atomic E-state index is -0.326. The fourth-order valence-corrected chi connectivity index (χ4v) is 5.13. The molecule has 0 radical (unpaired) electrons. The van der Waals surface area contributed by atoms with Gasteiger partial charge in [-0.2, -0.15) is 5.10 Å². The number of anilines is 1. The Bertz CT molecular complexity index is 1550. The van der Waals surface area contributed by atoms with E-state index >= 15 is 0 Å². The third-order valence-corrected chi connectivity index (χ3v) is 7.16. The minimum Gasteiger partial charge on any atom is -0.496 e. The highest BCUT2D eigenvalue weighted by Gasteiger charge is 2.28. The molecule has 3 N–H and O–H groups in total. The van der Waals surface area contributed by atoms with Gasteiger partial charge < -0.3 is 20.7 Å². The van der Waals surface area contributed by atoms with E-state index in [0.717, 1.165) is 24.0 Å². The molecule has 2 amide bonds. The summed E-state index contributed by atoms with van der Waals surface area (Å²) in [6.45, 7) is 5.11. The molecule has 4 aromatic rings. The molecule has 200 valence electrons. The second-order valence-corrected chi connectivity index (χ2v) is 9.64. The minimum absolute atomic E-state index is 0.0514. The van der Waals surface area contributed by atoms with Crippen LogP contribution in [0.3, 0.4) is 0 Å². The molecule has 1 fully saturated rings. The zero-order chi connectivity index (χ0) is 27.5.